The molecule has 0 bridgehead atoms. The van der Waals surface area contributed by atoms with Gasteiger partial charge in [-0.2, -0.15) is 0 Å². The molecule has 0 fully saturated rings. The van der Waals surface area contributed by atoms with Gasteiger partial charge in [-0.15, -0.1) is 11.3 Å². The molecule has 0 unspecified atom stereocenters. The van der Waals surface area contributed by atoms with Gasteiger partial charge in [-0.3, -0.25) is 9.69 Å². The van der Waals surface area contributed by atoms with Crippen LogP contribution in [-0.2, 0) is 0 Å². The fourth-order valence-corrected chi connectivity index (χ4v) is 3.47. The van der Waals surface area contributed by atoms with Gasteiger partial charge in [0.15, 0.2) is 16.6 Å². The van der Waals surface area contributed by atoms with Crippen LogP contribution in [0.3, 0.4) is 0 Å². The summed E-state index contributed by atoms with van der Waals surface area (Å²) < 4.78 is 10.6. The van der Waals surface area contributed by atoms with Crippen molar-refractivity contribution < 1.29 is 24.2 Å². The first-order chi connectivity index (χ1) is 13.5. The molecule has 0 aliphatic carbocycles. The molecule has 0 saturated heterocycles. The molecule has 8 heteroatoms. The average Bonchev–Trinajstić information content (AvgIpc) is 3.22. The second kappa shape index (κ2) is 8.10. The Balaban J connectivity index is 1.90. The Morgan fingerprint density at radius 3 is 2.36 bits per heavy atom. The molecule has 0 aliphatic rings. The molecule has 2 aromatic carbocycles. The first-order valence-electron chi connectivity index (χ1n) is 8.24. The topological polar surface area (TPSA) is 89.0 Å². The SMILES string of the molecule is COc1ccc(-c2csc(N(C)C(=O)c3ccccc3C(=O)O)n2)cc1OC. The van der Waals surface area contributed by atoms with Crippen molar-refractivity contribution >= 4 is 28.3 Å². The number of benzene rings is 2. The number of ether oxygens (including phenoxy) is 2. The highest BCUT2D eigenvalue weighted by Crippen LogP contribution is 2.34. The van der Waals surface area contributed by atoms with Crippen LogP contribution < -0.4 is 14.4 Å². The maximum atomic E-state index is 12.8. The summed E-state index contributed by atoms with van der Waals surface area (Å²) in [6, 6.07) is 11.5. The number of nitrogens with zero attached hydrogens (tertiary/aromatic N) is 2. The van der Waals surface area contributed by atoms with Gasteiger partial charge in [-0.1, -0.05) is 12.1 Å². The Labute approximate surface area is 165 Å². The highest BCUT2D eigenvalue weighted by atomic mass is 32.1. The molecule has 0 atom stereocenters. The van der Waals surface area contributed by atoms with E-state index < -0.39 is 11.9 Å². The molecular formula is C20H18N2O5S. The maximum Gasteiger partial charge on any atom is 0.336 e. The van der Waals surface area contributed by atoms with E-state index >= 15 is 0 Å². The first kappa shape index (κ1) is 19.4. The van der Waals surface area contributed by atoms with Crippen LogP contribution in [0.2, 0.25) is 0 Å². The molecule has 1 N–H and O–H groups in total. The molecular weight excluding hydrogens is 380 g/mol. The van der Waals surface area contributed by atoms with Crippen molar-refractivity contribution in [2.75, 3.05) is 26.2 Å². The minimum atomic E-state index is -1.15. The van der Waals surface area contributed by atoms with E-state index in [0.717, 1.165) is 5.56 Å². The van der Waals surface area contributed by atoms with Crippen molar-refractivity contribution in [1.29, 1.82) is 0 Å². The number of carboxylic acid groups (broad SMARTS) is 1. The third-order valence-electron chi connectivity index (χ3n) is 4.15. The van der Waals surface area contributed by atoms with Crippen LogP contribution in [-0.4, -0.2) is 43.2 Å². The number of carboxylic acids is 1. The number of anilines is 1. The number of aromatic carboxylic acids is 1. The zero-order valence-electron chi connectivity index (χ0n) is 15.5. The van der Waals surface area contributed by atoms with Gasteiger partial charge in [0.25, 0.3) is 5.91 Å². The lowest BCUT2D eigenvalue weighted by molar-refractivity contribution is 0.0692. The molecule has 3 aromatic rings. The van der Waals surface area contributed by atoms with E-state index in [0.29, 0.717) is 22.3 Å². The maximum absolute atomic E-state index is 12.8. The summed E-state index contributed by atoms with van der Waals surface area (Å²) in [5.41, 5.74) is 1.55. The fraction of sp³-hybridized carbons (Fsp3) is 0.150. The molecule has 0 saturated carbocycles. The predicted octanol–water partition coefficient (Wildman–Crippen LogP) is 3.80. The Morgan fingerprint density at radius 1 is 1.04 bits per heavy atom. The van der Waals surface area contributed by atoms with Gasteiger partial charge >= 0.3 is 5.97 Å². The number of carbonyl (C=O) groups excluding carboxylic acids is 1. The van der Waals surface area contributed by atoms with Crippen molar-refractivity contribution in [3.05, 3.63) is 59.0 Å². The summed E-state index contributed by atoms with van der Waals surface area (Å²) in [6.07, 6.45) is 0. The Bertz CT molecular complexity index is 1030. The van der Waals surface area contributed by atoms with Crippen molar-refractivity contribution in [2.24, 2.45) is 0 Å². The number of thiazole rings is 1. The third kappa shape index (κ3) is 3.67. The second-order valence-corrected chi connectivity index (χ2v) is 6.64. The van der Waals surface area contributed by atoms with E-state index in [-0.39, 0.29) is 11.1 Å². The summed E-state index contributed by atoms with van der Waals surface area (Å²) in [6.45, 7) is 0. The van der Waals surface area contributed by atoms with Gasteiger partial charge in [0.1, 0.15) is 0 Å². The average molecular weight is 398 g/mol. The van der Waals surface area contributed by atoms with Gasteiger partial charge < -0.3 is 14.6 Å². The van der Waals surface area contributed by atoms with Gasteiger partial charge in [0.05, 0.1) is 31.0 Å². The number of carbonyl (C=O) groups is 2. The third-order valence-corrected chi connectivity index (χ3v) is 5.07. The summed E-state index contributed by atoms with van der Waals surface area (Å²) >= 11 is 1.29. The van der Waals surface area contributed by atoms with Crippen LogP contribution in [0.15, 0.2) is 47.8 Å². The van der Waals surface area contributed by atoms with Crippen LogP contribution >= 0.6 is 11.3 Å². The van der Waals surface area contributed by atoms with Crippen molar-refractivity contribution in [1.82, 2.24) is 4.98 Å². The van der Waals surface area contributed by atoms with E-state index in [1.54, 1.807) is 45.5 Å². The van der Waals surface area contributed by atoms with Gasteiger partial charge in [0, 0.05) is 18.0 Å². The number of rotatable bonds is 6. The van der Waals surface area contributed by atoms with Gasteiger partial charge in [-0.25, -0.2) is 9.78 Å². The quantitative estimate of drug-likeness (QED) is 0.679. The number of hydrogen-bond donors (Lipinski definition) is 1. The molecule has 28 heavy (non-hydrogen) atoms. The van der Waals surface area contributed by atoms with E-state index in [1.165, 1.54) is 28.4 Å². The fourth-order valence-electron chi connectivity index (χ4n) is 2.67. The Hall–Kier alpha value is -3.39. The molecule has 1 heterocycles. The standard InChI is InChI=1S/C20H18N2O5S/c1-22(18(23)13-6-4-5-7-14(13)19(24)25)20-21-15(11-28-20)12-8-9-16(26-2)17(10-12)27-3/h4-11H,1-3H3,(H,24,25). The monoisotopic (exact) mass is 398 g/mol. The molecule has 144 valence electrons. The highest BCUT2D eigenvalue weighted by Gasteiger charge is 2.22. The minimum absolute atomic E-state index is 0.0454. The van der Waals surface area contributed by atoms with Gasteiger partial charge in [-0.05, 0) is 30.3 Å². The Morgan fingerprint density at radius 2 is 1.71 bits per heavy atom. The molecule has 7 nitrogen and oxygen atoms in total. The molecule has 1 amide bonds. The number of methoxy groups -OCH3 is 2. The van der Waals surface area contributed by atoms with Crippen LogP contribution in [0.25, 0.3) is 11.3 Å². The van der Waals surface area contributed by atoms with E-state index in [4.69, 9.17) is 9.47 Å². The lowest BCUT2D eigenvalue weighted by Crippen LogP contribution is -2.27. The summed E-state index contributed by atoms with van der Waals surface area (Å²) in [5.74, 6) is -0.401. The van der Waals surface area contributed by atoms with Crippen molar-refractivity contribution in [3.8, 4) is 22.8 Å². The first-order valence-corrected chi connectivity index (χ1v) is 9.12. The zero-order chi connectivity index (χ0) is 20.3. The normalized spacial score (nSPS) is 10.4. The molecule has 0 aliphatic heterocycles. The summed E-state index contributed by atoms with van der Waals surface area (Å²) in [7, 11) is 4.69. The number of amides is 1. The molecule has 0 radical (unpaired) electrons. The summed E-state index contributed by atoms with van der Waals surface area (Å²) in [4.78, 5) is 30.0. The second-order valence-electron chi connectivity index (χ2n) is 5.80. The smallest absolute Gasteiger partial charge is 0.336 e. The van der Waals surface area contributed by atoms with Crippen molar-refractivity contribution in [3.63, 3.8) is 0 Å². The van der Waals surface area contributed by atoms with E-state index in [2.05, 4.69) is 4.98 Å². The molecule has 0 spiro atoms. The lowest BCUT2D eigenvalue weighted by Gasteiger charge is -2.15. The largest absolute Gasteiger partial charge is 0.493 e. The van der Waals surface area contributed by atoms with Crippen LogP contribution in [0.4, 0.5) is 5.13 Å². The molecule has 3 rings (SSSR count). The number of aromatic nitrogens is 1. The minimum Gasteiger partial charge on any atom is -0.493 e. The van der Waals surface area contributed by atoms with E-state index in [1.807, 2.05) is 11.4 Å². The van der Waals surface area contributed by atoms with E-state index in [9.17, 15) is 14.7 Å². The van der Waals surface area contributed by atoms with Crippen LogP contribution in [0, 0.1) is 0 Å². The summed E-state index contributed by atoms with van der Waals surface area (Å²) in [5, 5.41) is 11.6. The van der Waals surface area contributed by atoms with Gasteiger partial charge in [0.2, 0.25) is 0 Å². The lowest BCUT2D eigenvalue weighted by atomic mass is 10.1. The highest BCUT2D eigenvalue weighted by molar-refractivity contribution is 7.14. The van der Waals surface area contributed by atoms with Crippen molar-refractivity contribution in [2.45, 2.75) is 0 Å². The molecule has 1 aromatic heterocycles. The predicted molar refractivity (Wildman–Crippen MR) is 107 cm³/mol. The number of hydrogen-bond acceptors (Lipinski definition) is 6. The Kier molecular flexibility index (Phi) is 5.60. The zero-order valence-corrected chi connectivity index (χ0v) is 16.3. The van der Waals surface area contributed by atoms with Crippen LogP contribution in [0.1, 0.15) is 20.7 Å². The van der Waals surface area contributed by atoms with Crippen LogP contribution in [0.5, 0.6) is 11.5 Å².